The van der Waals surface area contributed by atoms with Gasteiger partial charge in [-0.1, -0.05) is 60.7 Å². The summed E-state index contributed by atoms with van der Waals surface area (Å²) in [5.74, 6) is 1.20. The Morgan fingerprint density at radius 2 is 1.50 bits per heavy atom. The molecular weight excluding hydrogens is 374 g/mol. The molecule has 30 heavy (non-hydrogen) atoms. The van der Waals surface area contributed by atoms with E-state index in [0.29, 0.717) is 30.2 Å². The lowest BCUT2D eigenvalue weighted by atomic mass is 10.1. The molecule has 5 nitrogen and oxygen atoms in total. The van der Waals surface area contributed by atoms with Crippen molar-refractivity contribution in [3.05, 3.63) is 118 Å². The van der Waals surface area contributed by atoms with Crippen LogP contribution in [-0.4, -0.2) is 9.97 Å². The Morgan fingerprint density at radius 1 is 0.867 bits per heavy atom. The largest absolute Gasteiger partial charge is 0.489 e. The molecule has 0 saturated carbocycles. The molecule has 4 aromatic rings. The number of nitrogens with one attached hydrogen (secondary N) is 2. The van der Waals surface area contributed by atoms with E-state index in [1.54, 1.807) is 0 Å². The van der Waals surface area contributed by atoms with Crippen LogP contribution in [0.2, 0.25) is 0 Å². The topological polar surface area (TPSA) is 67.0 Å². The van der Waals surface area contributed by atoms with Crippen LogP contribution in [0.25, 0.3) is 0 Å². The molecule has 0 radical (unpaired) electrons. The molecule has 1 heterocycles. The number of nitrogens with zero attached hydrogens (tertiary/aromatic N) is 1. The van der Waals surface area contributed by atoms with Crippen LogP contribution in [0, 0.1) is 6.92 Å². The van der Waals surface area contributed by atoms with Crippen molar-refractivity contribution in [2.24, 2.45) is 0 Å². The second-order valence-electron chi connectivity index (χ2n) is 7.06. The van der Waals surface area contributed by atoms with Crippen molar-refractivity contribution in [1.29, 1.82) is 0 Å². The lowest BCUT2D eigenvalue weighted by Gasteiger charge is -2.10. The highest BCUT2D eigenvalue weighted by molar-refractivity contribution is 5.54. The van der Waals surface area contributed by atoms with E-state index in [0.717, 1.165) is 22.6 Å². The molecule has 3 aromatic carbocycles. The van der Waals surface area contributed by atoms with E-state index in [2.05, 4.69) is 15.3 Å². The van der Waals surface area contributed by atoms with E-state index in [4.69, 9.17) is 4.74 Å². The quantitative estimate of drug-likeness (QED) is 0.461. The average Bonchev–Trinajstić information content (AvgIpc) is 2.77. The van der Waals surface area contributed by atoms with Crippen LogP contribution in [0.5, 0.6) is 5.75 Å². The van der Waals surface area contributed by atoms with Crippen molar-refractivity contribution in [1.82, 2.24) is 9.97 Å². The highest BCUT2D eigenvalue weighted by Gasteiger charge is 2.09. The Bertz CT molecular complexity index is 1150. The summed E-state index contributed by atoms with van der Waals surface area (Å²) in [6.07, 6.45) is 0.558. The van der Waals surface area contributed by atoms with Gasteiger partial charge in [-0.3, -0.25) is 9.78 Å². The predicted molar refractivity (Wildman–Crippen MR) is 119 cm³/mol. The fourth-order valence-electron chi connectivity index (χ4n) is 3.19. The Balaban J connectivity index is 1.42. The first kappa shape index (κ1) is 19.5. The summed E-state index contributed by atoms with van der Waals surface area (Å²) < 4.78 is 5.81. The minimum atomic E-state index is -0.128. The fraction of sp³-hybridized carbons (Fsp3) is 0.120. The molecule has 0 aliphatic carbocycles. The number of aromatic amines is 1. The molecule has 0 amide bonds. The second-order valence-corrected chi connectivity index (χ2v) is 7.06. The van der Waals surface area contributed by atoms with Gasteiger partial charge in [-0.15, -0.1) is 0 Å². The van der Waals surface area contributed by atoms with E-state index in [9.17, 15) is 4.79 Å². The van der Waals surface area contributed by atoms with Gasteiger partial charge < -0.3 is 10.1 Å². The van der Waals surface area contributed by atoms with Crippen LogP contribution in [0.3, 0.4) is 0 Å². The average molecular weight is 397 g/mol. The first-order valence-corrected chi connectivity index (χ1v) is 9.85. The number of hydrogen-bond donors (Lipinski definition) is 2. The predicted octanol–water partition coefficient (Wildman–Crippen LogP) is 4.99. The summed E-state index contributed by atoms with van der Waals surface area (Å²) in [5, 5.41) is 3.16. The number of rotatable bonds is 7. The summed E-state index contributed by atoms with van der Waals surface area (Å²) in [6, 6.07) is 27.5. The van der Waals surface area contributed by atoms with Crippen molar-refractivity contribution >= 4 is 11.6 Å². The molecular formula is C25H23N3O2. The zero-order valence-electron chi connectivity index (χ0n) is 16.8. The standard InChI is InChI=1S/C25H23N3O2/c1-18-23(16-19-8-4-2-5-9-19)24(29)28-25(26-18)27-21-12-14-22(15-13-21)30-17-20-10-6-3-7-11-20/h2-15H,16-17H2,1H3,(H2,26,27,28,29). The molecule has 0 bridgehead atoms. The van der Waals surface area contributed by atoms with Crippen LogP contribution in [0.1, 0.15) is 22.4 Å². The number of hydrogen-bond acceptors (Lipinski definition) is 4. The number of benzene rings is 3. The first-order chi connectivity index (χ1) is 14.7. The van der Waals surface area contributed by atoms with Gasteiger partial charge in [0.15, 0.2) is 0 Å². The molecule has 1 aromatic heterocycles. The third-order valence-corrected chi connectivity index (χ3v) is 4.81. The van der Waals surface area contributed by atoms with Gasteiger partial charge in [0.25, 0.3) is 5.56 Å². The Hall–Kier alpha value is -3.86. The van der Waals surface area contributed by atoms with Crippen LogP contribution in [0.4, 0.5) is 11.6 Å². The zero-order chi connectivity index (χ0) is 20.8. The zero-order valence-corrected chi connectivity index (χ0v) is 16.8. The molecule has 150 valence electrons. The summed E-state index contributed by atoms with van der Waals surface area (Å²) in [7, 11) is 0. The highest BCUT2D eigenvalue weighted by atomic mass is 16.5. The monoisotopic (exact) mass is 397 g/mol. The number of anilines is 2. The van der Waals surface area contributed by atoms with Gasteiger partial charge in [0.2, 0.25) is 5.95 Å². The van der Waals surface area contributed by atoms with Gasteiger partial charge in [-0.05, 0) is 42.3 Å². The highest BCUT2D eigenvalue weighted by Crippen LogP contribution is 2.19. The minimum absolute atomic E-state index is 0.128. The van der Waals surface area contributed by atoms with Crippen LogP contribution < -0.4 is 15.6 Å². The first-order valence-electron chi connectivity index (χ1n) is 9.85. The second kappa shape index (κ2) is 9.09. The van der Waals surface area contributed by atoms with Crippen molar-refractivity contribution in [3.63, 3.8) is 0 Å². The van der Waals surface area contributed by atoms with Crippen molar-refractivity contribution in [3.8, 4) is 5.75 Å². The van der Waals surface area contributed by atoms with E-state index in [1.165, 1.54) is 0 Å². The summed E-state index contributed by atoms with van der Waals surface area (Å²) in [6.45, 7) is 2.38. The van der Waals surface area contributed by atoms with Gasteiger partial charge in [0.1, 0.15) is 12.4 Å². The maximum Gasteiger partial charge on any atom is 0.256 e. The van der Waals surface area contributed by atoms with Crippen molar-refractivity contribution in [2.45, 2.75) is 20.0 Å². The van der Waals surface area contributed by atoms with Crippen LogP contribution in [0.15, 0.2) is 89.7 Å². The Morgan fingerprint density at radius 3 is 2.13 bits per heavy atom. The molecule has 0 aliphatic heterocycles. The van der Waals surface area contributed by atoms with Gasteiger partial charge in [0, 0.05) is 17.7 Å². The maximum absolute atomic E-state index is 12.6. The normalized spacial score (nSPS) is 10.6. The molecule has 0 unspecified atom stereocenters. The number of ether oxygens (including phenoxy) is 1. The maximum atomic E-state index is 12.6. The van der Waals surface area contributed by atoms with Gasteiger partial charge in [-0.2, -0.15) is 0 Å². The Kier molecular flexibility index (Phi) is 5.90. The molecule has 2 N–H and O–H groups in total. The van der Waals surface area contributed by atoms with E-state index >= 15 is 0 Å². The molecule has 4 rings (SSSR count). The van der Waals surface area contributed by atoms with Gasteiger partial charge in [-0.25, -0.2) is 4.98 Å². The minimum Gasteiger partial charge on any atom is -0.489 e. The van der Waals surface area contributed by atoms with E-state index < -0.39 is 0 Å². The van der Waals surface area contributed by atoms with Crippen molar-refractivity contribution in [2.75, 3.05) is 5.32 Å². The fourth-order valence-corrected chi connectivity index (χ4v) is 3.19. The van der Waals surface area contributed by atoms with E-state index in [-0.39, 0.29) is 5.56 Å². The SMILES string of the molecule is Cc1nc(Nc2ccc(OCc3ccccc3)cc2)[nH]c(=O)c1Cc1ccccc1. The number of aryl methyl sites for hydroxylation is 1. The summed E-state index contributed by atoms with van der Waals surface area (Å²) in [5.41, 5.74) is 4.29. The molecule has 5 heteroatoms. The third kappa shape index (κ3) is 4.94. The van der Waals surface area contributed by atoms with Gasteiger partial charge >= 0.3 is 0 Å². The summed E-state index contributed by atoms with van der Waals surface area (Å²) in [4.78, 5) is 19.9. The van der Waals surface area contributed by atoms with Crippen LogP contribution >= 0.6 is 0 Å². The number of H-pyrrole nitrogens is 1. The smallest absolute Gasteiger partial charge is 0.256 e. The lowest BCUT2D eigenvalue weighted by Crippen LogP contribution is -2.18. The van der Waals surface area contributed by atoms with Crippen molar-refractivity contribution < 1.29 is 4.74 Å². The summed E-state index contributed by atoms with van der Waals surface area (Å²) >= 11 is 0. The van der Waals surface area contributed by atoms with Crippen LogP contribution in [-0.2, 0) is 13.0 Å². The molecule has 0 saturated heterocycles. The molecule has 0 aliphatic rings. The molecule has 0 spiro atoms. The molecule has 0 atom stereocenters. The third-order valence-electron chi connectivity index (χ3n) is 4.81. The lowest BCUT2D eigenvalue weighted by molar-refractivity contribution is 0.306. The van der Waals surface area contributed by atoms with E-state index in [1.807, 2.05) is 91.9 Å². The number of aromatic nitrogens is 2. The molecule has 0 fully saturated rings. The van der Waals surface area contributed by atoms with Gasteiger partial charge in [0.05, 0.1) is 5.69 Å². The Labute approximate surface area is 175 Å².